The van der Waals surface area contributed by atoms with E-state index in [0.29, 0.717) is 6.10 Å². The van der Waals surface area contributed by atoms with Crippen molar-refractivity contribution in [1.82, 2.24) is 14.9 Å². The van der Waals surface area contributed by atoms with E-state index in [1.165, 1.54) is 11.1 Å². The van der Waals surface area contributed by atoms with E-state index in [1.54, 1.807) is 11.8 Å². The summed E-state index contributed by atoms with van der Waals surface area (Å²) in [5.41, 5.74) is 2.46. The molecule has 3 rings (SSSR count). The van der Waals surface area contributed by atoms with Crippen molar-refractivity contribution in [2.24, 2.45) is 0 Å². The summed E-state index contributed by atoms with van der Waals surface area (Å²) >= 11 is 1.68. The molecule has 1 fully saturated rings. The third-order valence-electron chi connectivity index (χ3n) is 3.83. The van der Waals surface area contributed by atoms with Crippen LogP contribution in [0.2, 0.25) is 0 Å². The molecule has 1 aromatic carbocycles. The predicted molar refractivity (Wildman–Crippen MR) is 93.3 cm³/mol. The van der Waals surface area contributed by atoms with E-state index in [-0.39, 0.29) is 0 Å². The minimum atomic E-state index is 0.305. The highest BCUT2D eigenvalue weighted by Gasteiger charge is 2.15. The minimum Gasteiger partial charge on any atom is -0.377 e. The highest BCUT2D eigenvalue weighted by Crippen LogP contribution is 2.19. The van der Waals surface area contributed by atoms with Gasteiger partial charge in [-0.1, -0.05) is 42.1 Å². The Morgan fingerprint density at radius 2 is 1.96 bits per heavy atom. The number of thioether (sulfide) groups is 1. The number of ether oxygens (including phenoxy) is 1. The second-order valence-corrected chi connectivity index (χ2v) is 6.86. The van der Waals surface area contributed by atoms with Crippen LogP contribution in [-0.4, -0.2) is 40.7 Å². The molecule has 2 heterocycles. The molecular formula is C18H23N3OS. The van der Waals surface area contributed by atoms with E-state index < -0.39 is 0 Å². The van der Waals surface area contributed by atoms with Crippen molar-refractivity contribution in [2.75, 3.05) is 19.7 Å². The van der Waals surface area contributed by atoms with Gasteiger partial charge in [-0.15, -0.1) is 0 Å². The van der Waals surface area contributed by atoms with E-state index in [1.807, 2.05) is 18.5 Å². The zero-order valence-electron chi connectivity index (χ0n) is 13.5. The summed E-state index contributed by atoms with van der Waals surface area (Å²) in [5, 5.41) is 0.838. The van der Waals surface area contributed by atoms with Crippen molar-refractivity contribution in [3.63, 3.8) is 0 Å². The lowest BCUT2D eigenvalue weighted by Crippen LogP contribution is -2.29. The third-order valence-corrected chi connectivity index (χ3v) is 4.78. The monoisotopic (exact) mass is 329 g/mol. The van der Waals surface area contributed by atoms with Crippen LogP contribution in [0, 0.1) is 0 Å². The van der Waals surface area contributed by atoms with Gasteiger partial charge >= 0.3 is 0 Å². The molecule has 0 bridgehead atoms. The third kappa shape index (κ3) is 5.30. The lowest BCUT2D eigenvalue weighted by Gasteiger charge is -2.21. The van der Waals surface area contributed by atoms with Crippen LogP contribution in [0.15, 0.2) is 47.9 Å². The largest absolute Gasteiger partial charge is 0.377 e. The molecule has 0 amide bonds. The Bertz CT molecular complexity index is 591. The van der Waals surface area contributed by atoms with E-state index >= 15 is 0 Å². The first-order chi connectivity index (χ1) is 11.3. The molecule has 0 aliphatic carbocycles. The highest BCUT2D eigenvalue weighted by atomic mass is 32.2. The van der Waals surface area contributed by atoms with E-state index in [9.17, 15) is 0 Å². The molecule has 5 heteroatoms. The highest BCUT2D eigenvalue weighted by molar-refractivity contribution is 7.98. The molecule has 122 valence electrons. The smallest absolute Gasteiger partial charge is 0.187 e. The number of nitrogens with zero attached hydrogens (tertiary/aromatic N) is 3. The van der Waals surface area contributed by atoms with Crippen LogP contribution in [0.3, 0.4) is 0 Å². The Kier molecular flexibility index (Phi) is 6.02. The Hall–Kier alpha value is -1.43. The first-order valence-corrected chi connectivity index (χ1v) is 9.10. The summed E-state index contributed by atoms with van der Waals surface area (Å²) in [7, 11) is 0. The molecule has 23 heavy (non-hydrogen) atoms. The van der Waals surface area contributed by atoms with E-state index in [0.717, 1.165) is 43.6 Å². The average molecular weight is 329 g/mol. The van der Waals surface area contributed by atoms with Crippen molar-refractivity contribution >= 4 is 11.8 Å². The number of rotatable bonds is 5. The zero-order valence-corrected chi connectivity index (χ0v) is 14.3. The molecule has 0 saturated carbocycles. The molecule has 0 N–H and O–H groups in total. The summed E-state index contributed by atoms with van der Waals surface area (Å²) in [4.78, 5) is 11.4. The van der Waals surface area contributed by atoms with Gasteiger partial charge in [0.25, 0.3) is 0 Å². The Labute approximate surface area is 142 Å². The van der Waals surface area contributed by atoms with Gasteiger partial charge in [0.15, 0.2) is 5.16 Å². The predicted octanol–water partition coefficient (Wildman–Crippen LogP) is 3.38. The van der Waals surface area contributed by atoms with Crippen molar-refractivity contribution in [1.29, 1.82) is 0 Å². The molecule has 0 radical (unpaired) electrons. The maximum absolute atomic E-state index is 5.69. The normalized spacial score (nSPS) is 19.4. The number of hydrogen-bond acceptors (Lipinski definition) is 5. The average Bonchev–Trinajstić information content (AvgIpc) is 2.79. The van der Waals surface area contributed by atoms with Crippen LogP contribution in [-0.2, 0) is 17.0 Å². The zero-order chi connectivity index (χ0) is 15.9. The molecule has 0 spiro atoms. The number of benzene rings is 1. The lowest BCUT2D eigenvalue weighted by molar-refractivity contribution is 0.0667. The summed E-state index contributed by atoms with van der Waals surface area (Å²) < 4.78 is 5.69. The first-order valence-electron chi connectivity index (χ1n) is 8.11. The fraction of sp³-hybridized carbons (Fsp3) is 0.444. The maximum Gasteiger partial charge on any atom is 0.187 e. The SMILES string of the molecule is C[C@@H]1CN(Cc2cnc(SCc3ccccc3)nc2)CCCO1. The summed E-state index contributed by atoms with van der Waals surface area (Å²) in [6, 6.07) is 10.4. The molecule has 1 aliphatic heterocycles. The quantitative estimate of drug-likeness (QED) is 0.621. The molecular weight excluding hydrogens is 306 g/mol. The van der Waals surface area contributed by atoms with Gasteiger partial charge in [-0.05, 0) is 18.9 Å². The minimum absolute atomic E-state index is 0.305. The van der Waals surface area contributed by atoms with E-state index in [4.69, 9.17) is 4.74 Å². The molecule has 4 nitrogen and oxygen atoms in total. The second-order valence-electron chi connectivity index (χ2n) is 5.92. The molecule has 0 unspecified atom stereocenters. The van der Waals surface area contributed by atoms with Crippen LogP contribution in [0.25, 0.3) is 0 Å². The van der Waals surface area contributed by atoms with Crippen LogP contribution >= 0.6 is 11.8 Å². The second kappa shape index (κ2) is 8.43. The van der Waals surface area contributed by atoms with Gasteiger partial charge in [-0.3, -0.25) is 4.90 Å². The van der Waals surface area contributed by atoms with Gasteiger partial charge in [0.05, 0.1) is 6.10 Å². The van der Waals surface area contributed by atoms with Gasteiger partial charge in [0, 0.05) is 50.0 Å². The number of hydrogen-bond donors (Lipinski definition) is 0. The standard InChI is InChI=1S/C18H23N3OS/c1-15-12-21(8-5-9-22-15)13-17-10-19-18(20-11-17)23-14-16-6-3-2-4-7-16/h2-4,6-7,10-11,15H,5,8-9,12-14H2,1H3/t15-/m1/s1. The number of aromatic nitrogens is 2. The molecule has 1 aliphatic rings. The van der Waals surface area contributed by atoms with Gasteiger partial charge in [-0.2, -0.15) is 0 Å². The van der Waals surface area contributed by atoms with Crippen LogP contribution < -0.4 is 0 Å². The van der Waals surface area contributed by atoms with Gasteiger partial charge in [0.2, 0.25) is 0 Å². The first kappa shape index (κ1) is 16.4. The lowest BCUT2D eigenvalue weighted by atomic mass is 10.2. The molecule has 1 saturated heterocycles. The van der Waals surface area contributed by atoms with Crippen LogP contribution in [0.1, 0.15) is 24.5 Å². The van der Waals surface area contributed by atoms with Gasteiger partial charge in [-0.25, -0.2) is 9.97 Å². The van der Waals surface area contributed by atoms with Crippen LogP contribution in [0.5, 0.6) is 0 Å². The fourth-order valence-corrected chi connectivity index (χ4v) is 3.45. The Morgan fingerprint density at radius 1 is 1.17 bits per heavy atom. The topological polar surface area (TPSA) is 38.2 Å². The Morgan fingerprint density at radius 3 is 2.74 bits per heavy atom. The molecule has 1 aromatic heterocycles. The van der Waals surface area contributed by atoms with Crippen molar-refractivity contribution < 1.29 is 4.74 Å². The van der Waals surface area contributed by atoms with Crippen molar-refractivity contribution in [2.45, 2.75) is 36.9 Å². The van der Waals surface area contributed by atoms with Gasteiger partial charge < -0.3 is 4.74 Å². The molecule has 1 atom stereocenters. The summed E-state index contributed by atoms with van der Waals surface area (Å²) in [6.07, 6.45) is 5.31. The van der Waals surface area contributed by atoms with Gasteiger partial charge in [0.1, 0.15) is 0 Å². The van der Waals surface area contributed by atoms with Crippen molar-refractivity contribution in [3.05, 3.63) is 53.9 Å². The van der Waals surface area contributed by atoms with Crippen molar-refractivity contribution in [3.8, 4) is 0 Å². The molecule has 2 aromatic rings. The summed E-state index contributed by atoms with van der Waals surface area (Å²) in [6.45, 7) is 5.96. The van der Waals surface area contributed by atoms with Crippen LogP contribution in [0.4, 0.5) is 0 Å². The Balaban J connectivity index is 1.52. The van der Waals surface area contributed by atoms with E-state index in [2.05, 4.69) is 46.1 Å². The summed E-state index contributed by atoms with van der Waals surface area (Å²) in [5.74, 6) is 0.904. The maximum atomic E-state index is 5.69. The fourth-order valence-electron chi connectivity index (χ4n) is 2.70.